The van der Waals surface area contributed by atoms with Gasteiger partial charge in [-0.2, -0.15) is 0 Å². The number of benzene rings is 1. The highest BCUT2D eigenvalue weighted by molar-refractivity contribution is 6.03. The Morgan fingerprint density at radius 2 is 1.96 bits per heavy atom. The van der Waals surface area contributed by atoms with E-state index < -0.39 is 11.5 Å². The number of hydrogen-bond donors (Lipinski definition) is 2. The fraction of sp³-hybridized carbons (Fsp3) is 0.333. The molecule has 7 heteroatoms. The molecule has 0 atom stereocenters. The van der Waals surface area contributed by atoms with Crippen molar-refractivity contribution in [3.8, 4) is 17.2 Å². The highest BCUT2D eigenvalue weighted by atomic mass is 16.5. The summed E-state index contributed by atoms with van der Waals surface area (Å²) in [4.78, 5) is 25.1. The van der Waals surface area contributed by atoms with Crippen molar-refractivity contribution in [3.05, 3.63) is 40.7 Å². The number of nitrogens with zero attached hydrogens (tertiary/aromatic N) is 1. The average Bonchev–Trinajstić information content (AvgIpc) is 2.62. The van der Waals surface area contributed by atoms with E-state index in [1.54, 1.807) is 18.2 Å². The molecular formula is C18H22N2O5. The van der Waals surface area contributed by atoms with Crippen LogP contribution in [0.25, 0.3) is 10.9 Å². The second kappa shape index (κ2) is 7.74. The summed E-state index contributed by atoms with van der Waals surface area (Å²) in [5.74, 6) is -0.197. The highest BCUT2D eigenvalue weighted by Crippen LogP contribution is 2.36. The van der Waals surface area contributed by atoms with Gasteiger partial charge in [0.05, 0.1) is 19.7 Å². The molecule has 0 radical (unpaired) electrons. The number of hydrogen-bond acceptors (Lipinski definition) is 5. The third kappa shape index (κ3) is 3.31. The largest absolute Gasteiger partial charge is 0.506 e. The fourth-order valence-electron chi connectivity index (χ4n) is 2.60. The number of rotatable bonds is 7. The SMILES string of the molecule is C=CCn1c(=O)c(C(=O)NCCC)c(O)c2cc(OC)c(OC)cc21. The third-order valence-corrected chi connectivity index (χ3v) is 3.82. The predicted molar refractivity (Wildman–Crippen MR) is 95.8 cm³/mol. The maximum absolute atomic E-state index is 12.8. The van der Waals surface area contributed by atoms with E-state index in [-0.39, 0.29) is 17.9 Å². The van der Waals surface area contributed by atoms with Crippen LogP contribution < -0.4 is 20.3 Å². The molecule has 2 aromatic rings. The zero-order valence-electron chi connectivity index (χ0n) is 14.6. The van der Waals surface area contributed by atoms with Gasteiger partial charge in [-0.3, -0.25) is 9.59 Å². The number of pyridine rings is 1. The molecule has 0 fully saturated rings. The van der Waals surface area contributed by atoms with Crippen LogP contribution in [0.4, 0.5) is 0 Å². The first kappa shape index (κ1) is 18.4. The lowest BCUT2D eigenvalue weighted by molar-refractivity contribution is 0.0949. The first-order chi connectivity index (χ1) is 12.0. The summed E-state index contributed by atoms with van der Waals surface area (Å²) in [6.45, 7) is 6.13. The molecule has 0 aliphatic rings. The Hall–Kier alpha value is -2.96. The number of amides is 1. The number of aromatic nitrogens is 1. The molecule has 0 bridgehead atoms. The van der Waals surface area contributed by atoms with Crippen molar-refractivity contribution in [2.24, 2.45) is 0 Å². The normalized spacial score (nSPS) is 10.5. The van der Waals surface area contributed by atoms with Gasteiger partial charge in [-0.1, -0.05) is 13.0 Å². The maximum Gasteiger partial charge on any atom is 0.268 e. The van der Waals surface area contributed by atoms with Crippen molar-refractivity contribution in [1.29, 1.82) is 0 Å². The van der Waals surface area contributed by atoms with Gasteiger partial charge in [-0.05, 0) is 12.5 Å². The Morgan fingerprint density at radius 1 is 1.32 bits per heavy atom. The van der Waals surface area contributed by atoms with Crippen LogP contribution in [0, 0.1) is 0 Å². The van der Waals surface area contributed by atoms with Crippen molar-refractivity contribution in [1.82, 2.24) is 9.88 Å². The molecular weight excluding hydrogens is 324 g/mol. The number of methoxy groups -OCH3 is 2. The summed E-state index contributed by atoms with van der Waals surface area (Å²) < 4.78 is 11.9. The van der Waals surface area contributed by atoms with Crippen LogP contribution >= 0.6 is 0 Å². The molecule has 2 rings (SSSR count). The molecule has 1 amide bonds. The van der Waals surface area contributed by atoms with Gasteiger partial charge in [0, 0.05) is 24.5 Å². The fourth-order valence-corrected chi connectivity index (χ4v) is 2.60. The number of aromatic hydroxyl groups is 1. The molecule has 1 aromatic heterocycles. The van der Waals surface area contributed by atoms with E-state index in [0.717, 1.165) is 0 Å². The molecule has 0 saturated heterocycles. The first-order valence-corrected chi connectivity index (χ1v) is 7.90. The lowest BCUT2D eigenvalue weighted by atomic mass is 10.1. The van der Waals surface area contributed by atoms with E-state index in [1.807, 2.05) is 6.92 Å². The third-order valence-electron chi connectivity index (χ3n) is 3.82. The topological polar surface area (TPSA) is 89.8 Å². The van der Waals surface area contributed by atoms with Crippen LogP contribution in [0.15, 0.2) is 29.6 Å². The van der Waals surface area contributed by atoms with Gasteiger partial charge in [-0.25, -0.2) is 0 Å². The maximum atomic E-state index is 12.8. The van der Waals surface area contributed by atoms with Gasteiger partial charge >= 0.3 is 0 Å². The average molecular weight is 346 g/mol. The van der Waals surface area contributed by atoms with Crippen LogP contribution in [0.5, 0.6) is 17.2 Å². The first-order valence-electron chi connectivity index (χ1n) is 7.90. The molecule has 0 aliphatic carbocycles. The Balaban J connectivity index is 2.85. The minimum atomic E-state index is -0.612. The summed E-state index contributed by atoms with van der Waals surface area (Å²) in [6.07, 6.45) is 2.26. The molecule has 2 N–H and O–H groups in total. The van der Waals surface area contributed by atoms with Gasteiger partial charge in [0.1, 0.15) is 11.3 Å². The zero-order valence-corrected chi connectivity index (χ0v) is 14.6. The van der Waals surface area contributed by atoms with Crippen molar-refractivity contribution in [2.45, 2.75) is 19.9 Å². The summed E-state index contributed by atoms with van der Waals surface area (Å²) in [5, 5.41) is 13.5. The quantitative estimate of drug-likeness (QED) is 0.749. The lowest BCUT2D eigenvalue weighted by Crippen LogP contribution is -2.33. The highest BCUT2D eigenvalue weighted by Gasteiger charge is 2.23. The van der Waals surface area contributed by atoms with E-state index in [0.29, 0.717) is 35.4 Å². The summed E-state index contributed by atoms with van der Waals surface area (Å²) >= 11 is 0. The van der Waals surface area contributed by atoms with Crippen molar-refractivity contribution in [2.75, 3.05) is 20.8 Å². The van der Waals surface area contributed by atoms with Crippen molar-refractivity contribution in [3.63, 3.8) is 0 Å². The minimum absolute atomic E-state index is 0.180. The van der Waals surface area contributed by atoms with E-state index in [1.165, 1.54) is 18.8 Å². The standard InChI is InChI=1S/C18H22N2O5/c1-5-7-19-17(22)15-16(21)11-9-13(24-3)14(25-4)10-12(11)20(8-6-2)18(15)23/h6,9-10,21H,2,5,7-8H2,1,3-4H3,(H,19,22). The van der Waals surface area contributed by atoms with E-state index >= 15 is 0 Å². The van der Waals surface area contributed by atoms with Gasteiger partial charge in [-0.15, -0.1) is 6.58 Å². The monoisotopic (exact) mass is 346 g/mol. The Bertz CT molecular complexity index is 870. The molecule has 25 heavy (non-hydrogen) atoms. The summed E-state index contributed by atoms with van der Waals surface area (Å²) in [7, 11) is 2.95. The summed E-state index contributed by atoms with van der Waals surface area (Å²) in [6, 6.07) is 3.13. The Labute approximate surface area is 145 Å². The number of nitrogens with one attached hydrogen (secondary N) is 1. The number of ether oxygens (including phenoxy) is 2. The van der Waals surface area contributed by atoms with E-state index in [4.69, 9.17) is 9.47 Å². The molecule has 7 nitrogen and oxygen atoms in total. The molecule has 1 aromatic carbocycles. The summed E-state index contributed by atoms with van der Waals surface area (Å²) in [5.41, 5.74) is -0.465. The van der Waals surface area contributed by atoms with Crippen LogP contribution in [-0.2, 0) is 6.54 Å². The number of carbonyl (C=O) groups excluding carboxylic acids is 1. The van der Waals surface area contributed by atoms with Crippen LogP contribution in [0.2, 0.25) is 0 Å². The molecule has 0 spiro atoms. The molecule has 0 aliphatic heterocycles. The van der Waals surface area contributed by atoms with Crippen molar-refractivity contribution >= 4 is 16.8 Å². The Kier molecular flexibility index (Phi) is 5.69. The number of allylic oxidation sites excluding steroid dienone is 1. The minimum Gasteiger partial charge on any atom is -0.506 e. The molecule has 1 heterocycles. The molecule has 0 saturated carbocycles. The predicted octanol–water partition coefficient (Wildman–Crippen LogP) is 2.05. The Morgan fingerprint density at radius 3 is 2.52 bits per heavy atom. The number of carbonyl (C=O) groups is 1. The van der Waals surface area contributed by atoms with E-state index in [9.17, 15) is 14.7 Å². The lowest BCUT2D eigenvalue weighted by Gasteiger charge is -2.16. The van der Waals surface area contributed by atoms with Gasteiger partial charge in [0.15, 0.2) is 11.5 Å². The van der Waals surface area contributed by atoms with Crippen molar-refractivity contribution < 1.29 is 19.4 Å². The van der Waals surface area contributed by atoms with Gasteiger partial charge in [0.2, 0.25) is 0 Å². The van der Waals surface area contributed by atoms with Gasteiger partial charge in [0.25, 0.3) is 11.5 Å². The van der Waals surface area contributed by atoms with Crippen LogP contribution in [-0.4, -0.2) is 36.3 Å². The van der Waals surface area contributed by atoms with Gasteiger partial charge < -0.3 is 24.5 Å². The second-order valence-corrected chi connectivity index (χ2v) is 5.41. The van der Waals surface area contributed by atoms with E-state index in [2.05, 4.69) is 11.9 Å². The smallest absolute Gasteiger partial charge is 0.268 e. The number of fused-ring (bicyclic) bond motifs is 1. The molecule has 134 valence electrons. The van der Waals surface area contributed by atoms with Crippen LogP contribution in [0.3, 0.4) is 0 Å². The van der Waals surface area contributed by atoms with Crippen LogP contribution in [0.1, 0.15) is 23.7 Å². The second-order valence-electron chi connectivity index (χ2n) is 5.41. The molecule has 0 unspecified atom stereocenters. The zero-order chi connectivity index (χ0) is 18.6.